The number of amides is 1. The van der Waals surface area contributed by atoms with Crippen molar-refractivity contribution in [2.24, 2.45) is 7.05 Å². The van der Waals surface area contributed by atoms with Gasteiger partial charge in [-0.3, -0.25) is 9.48 Å². The molecule has 9 nitrogen and oxygen atoms in total. The number of anilines is 2. The lowest BCUT2D eigenvalue weighted by Gasteiger charge is -2.21. The van der Waals surface area contributed by atoms with Crippen LogP contribution < -0.4 is 5.32 Å². The minimum Gasteiger partial charge on any atom is -0.375 e. The van der Waals surface area contributed by atoms with Crippen molar-refractivity contribution in [1.29, 1.82) is 0 Å². The average Bonchev–Trinajstić information content (AvgIpc) is 3.52. The number of aryl methyl sites for hydroxylation is 1. The van der Waals surface area contributed by atoms with Gasteiger partial charge in [0, 0.05) is 50.3 Å². The van der Waals surface area contributed by atoms with Gasteiger partial charge in [-0.05, 0) is 17.7 Å². The smallest absolute Gasteiger partial charge is 0.258 e. The highest BCUT2D eigenvalue weighted by molar-refractivity contribution is 7.13. The van der Waals surface area contributed by atoms with E-state index in [1.165, 1.54) is 11.3 Å². The number of likely N-dealkylation sites (tertiary alicyclic amines) is 1. The van der Waals surface area contributed by atoms with Crippen LogP contribution in [0.1, 0.15) is 12.0 Å². The molecule has 1 atom stereocenters. The van der Waals surface area contributed by atoms with E-state index in [1.807, 2.05) is 36.7 Å². The predicted molar refractivity (Wildman–Crippen MR) is 121 cm³/mol. The third kappa shape index (κ3) is 3.53. The van der Waals surface area contributed by atoms with Crippen LogP contribution in [0.3, 0.4) is 0 Å². The minimum atomic E-state index is -1.48. The molecule has 4 aromatic rings. The molecule has 1 aliphatic rings. The lowest BCUT2D eigenvalue weighted by molar-refractivity contribution is -0.143. The summed E-state index contributed by atoms with van der Waals surface area (Å²) in [6.45, 7) is 0.532. The molecule has 5 rings (SSSR count). The van der Waals surface area contributed by atoms with E-state index in [0.717, 1.165) is 22.1 Å². The van der Waals surface area contributed by atoms with Gasteiger partial charge in [0.2, 0.25) is 5.95 Å². The van der Waals surface area contributed by atoms with E-state index in [1.54, 1.807) is 41.2 Å². The lowest BCUT2D eigenvalue weighted by Crippen LogP contribution is -2.36. The summed E-state index contributed by atoms with van der Waals surface area (Å²) in [6, 6.07) is 11.0. The number of hydrogen-bond acceptors (Lipinski definition) is 8. The van der Waals surface area contributed by atoms with Crippen molar-refractivity contribution >= 4 is 29.0 Å². The van der Waals surface area contributed by atoms with Gasteiger partial charge in [-0.2, -0.15) is 5.10 Å². The van der Waals surface area contributed by atoms with Crippen molar-refractivity contribution in [1.82, 2.24) is 29.6 Å². The molecule has 1 aromatic carbocycles. The Balaban J connectivity index is 1.42. The Hall–Kier alpha value is -3.63. The van der Waals surface area contributed by atoms with Crippen LogP contribution in [0.15, 0.2) is 54.2 Å². The average molecular weight is 448 g/mol. The summed E-state index contributed by atoms with van der Waals surface area (Å²) in [6.07, 6.45) is 3.75. The Kier molecular flexibility index (Phi) is 4.95. The number of nitrogens with one attached hydrogen (secondary N) is 1. The van der Waals surface area contributed by atoms with E-state index in [4.69, 9.17) is 4.98 Å². The fraction of sp³-hybridized carbons (Fsp3) is 0.227. The number of thiazole rings is 1. The Bertz CT molecular complexity index is 1300. The molecular weight excluding hydrogens is 426 g/mol. The monoisotopic (exact) mass is 447 g/mol. The van der Waals surface area contributed by atoms with E-state index < -0.39 is 5.60 Å². The van der Waals surface area contributed by atoms with Crippen LogP contribution in [0.25, 0.3) is 22.0 Å². The van der Waals surface area contributed by atoms with Crippen LogP contribution in [0.4, 0.5) is 11.8 Å². The number of nitrogens with zero attached hydrogens (tertiary/aromatic N) is 6. The molecule has 32 heavy (non-hydrogen) atoms. The van der Waals surface area contributed by atoms with Gasteiger partial charge >= 0.3 is 0 Å². The zero-order valence-corrected chi connectivity index (χ0v) is 18.4. The summed E-state index contributed by atoms with van der Waals surface area (Å²) >= 11 is 1.48. The van der Waals surface area contributed by atoms with E-state index in [9.17, 15) is 9.90 Å². The normalized spacial score (nSPS) is 18.3. The summed E-state index contributed by atoms with van der Waals surface area (Å²) in [5.41, 5.74) is 1.36. The molecular formula is C22H21N7O2S. The van der Waals surface area contributed by atoms with Crippen LogP contribution in [0.2, 0.25) is 0 Å². The molecule has 0 spiro atoms. The maximum Gasteiger partial charge on any atom is 0.258 e. The van der Waals surface area contributed by atoms with Crippen LogP contribution in [-0.2, 0) is 17.4 Å². The summed E-state index contributed by atoms with van der Waals surface area (Å²) in [5.74, 6) is 0.959. The largest absolute Gasteiger partial charge is 0.375 e. The Morgan fingerprint density at radius 3 is 2.75 bits per heavy atom. The highest BCUT2D eigenvalue weighted by atomic mass is 32.1. The SMILES string of the molecule is CN1CCC(O)(c2cccc(-c3nc(-c4ccnc(Nc5ccnn5C)n4)cs3)c2)C1=O. The minimum absolute atomic E-state index is 0.274. The Morgan fingerprint density at radius 1 is 1.12 bits per heavy atom. The van der Waals surface area contributed by atoms with Gasteiger partial charge in [0.25, 0.3) is 5.91 Å². The predicted octanol–water partition coefficient (Wildman–Crippen LogP) is 2.79. The second kappa shape index (κ2) is 7.81. The Morgan fingerprint density at radius 2 is 2.00 bits per heavy atom. The topological polar surface area (TPSA) is 109 Å². The number of carbonyl (C=O) groups is 1. The van der Waals surface area contributed by atoms with Gasteiger partial charge in [0.1, 0.15) is 16.5 Å². The number of rotatable bonds is 5. The number of hydrogen-bond donors (Lipinski definition) is 2. The molecule has 1 fully saturated rings. The first-order valence-electron chi connectivity index (χ1n) is 10.1. The molecule has 1 amide bonds. The maximum atomic E-state index is 12.5. The van der Waals surface area contributed by atoms with Crippen LogP contribution in [0.5, 0.6) is 0 Å². The second-order valence-corrected chi connectivity index (χ2v) is 8.54. The number of carbonyl (C=O) groups excluding carboxylic acids is 1. The first kappa shape index (κ1) is 20.3. The van der Waals surface area contributed by atoms with Crippen LogP contribution in [-0.4, -0.2) is 54.2 Å². The van der Waals surface area contributed by atoms with Gasteiger partial charge < -0.3 is 15.3 Å². The van der Waals surface area contributed by atoms with Gasteiger partial charge in [0.05, 0.1) is 11.9 Å². The van der Waals surface area contributed by atoms with E-state index in [0.29, 0.717) is 30.2 Å². The number of likely N-dealkylation sites (N-methyl/N-ethyl adjacent to an activating group) is 1. The van der Waals surface area contributed by atoms with Crippen LogP contribution >= 0.6 is 11.3 Å². The molecule has 3 aromatic heterocycles. The van der Waals surface area contributed by atoms with Gasteiger partial charge in [0.15, 0.2) is 5.60 Å². The number of benzene rings is 1. The molecule has 0 radical (unpaired) electrons. The first-order chi connectivity index (χ1) is 15.4. The summed E-state index contributed by atoms with van der Waals surface area (Å²) in [7, 11) is 3.54. The highest BCUT2D eigenvalue weighted by Crippen LogP contribution is 2.36. The zero-order valence-electron chi connectivity index (χ0n) is 17.6. The maximum absolute atomic E-state index is 12.5. The molecule has 4 heterocycles. The molecule has 2 N–H and O–H groups in total. The molecule has 10 heteroatoms. The van der Waals surface area contributed by atoms with Crippen molar-refractivity contribution in [2.45, 2.75) is 12.0 Å². The second-order valence-electron chi connectivity index (χ2n) is 7.69. The van der Waals surface area contributed by atoms with Crippen molar-refractivity contribution in [3.63, 3.8) is 0 Å². The fourth-order valence-corrected chi connectivity index (χ4v) is 4.54. The summed E-state index contributed by atoms with van der Waals surface area (Å²) in [4.78, 5) is 27.6. The molecule has 162 valence electrons. The van der Waals surface area contributed by atoms with Gasteiger partial charge in [-0.25, -0.2) is 15.0 Å². The van der Waals surface area contributed by atoms with E-state index in [-0.39, 0.29) is 5.91 Å². The van der Waals surface area contributed by atoms with E-state index in [2.05, 4.69) is 20.4 Å². The van der Waals surface area contributed by atoms with E-state index >= 15 is 0 Å². The summed E-state index contributed by atoms with van der Waals surface area (Å²) in [5, 5.41) is 21.0. The highest BCUT2D eigenvalue weighted by Gasteiger charge is 2.45. The Labute approximate surface area is 188 Å². The molecule has 1 aliphatic heterocycles. The van der Waals surface area contributed by atoms with Crippen molar-refractivity contribution in [3.05, 3.63) is 59.7 Å². The molecule has 0 saturated carbocycles. The van der Waals surface area contributed by atoms with Gasteiger partial charge in [-0.1, -0.05) is 18.2 Å². The molecule has 1 saturated heterocycles. The quantitative estimate of drug-likeness (QED) is 0.484. The van der Waals surface area contributed by atoms with Gasteiger partial charge in [-0.15, -0.1) is 11.3 Å². The third-order valence-electron chi connectivity index (χ3n) is 5.58. The lowest BCUT2D eigenvalue weighted by atomic mass is 9.91. The van der Waals surface area contributed by atoms with Crippen molar-refractivity contribution in [2.75, 3.05) is 18.9 Å². The first-order valence-corrected chi connectivity index (χ1v) is 10.9. The summed E-state index contributed by atoms with van der Waals surface area (Å²) < 4.78 is 1.70. The third-order valence-corrected chi connectivity index (χ3v) is 6.47. The number of aromatic nitrogens is 5. The fourth-order valence-electron chi connectivity index (χ4n) is 3.73. The molecule has 0 aliphatic carbocycles. The van der Waals surface area contributed by atoms with Crippen molar-refractivity contribution < 1.29 is 9.90 Å². The molecule has 0 bridgehead atoms. The van der Waals surface area contributed by atoms with Crippen molar-refractivity contribution in [3.8, 4) is 22.0 Å². The molecule has 1 unspecified atom stereocenters. The zero-order chi connectivity index (χ0) is 22.3. The van der Waals surface area contributed by atoms with Crippen LogP contribution in [0, 0.1) is 0 Å². The standard InChI is InChI=1S/C22H21N7O2S/c1-28-11-8-22(31,20(28)30)15-5-3-4-14(12-15)19-25-17(13-32-19)16-6-9-23-21(26-16)27-18-7-10-24-29(18)2/h3-7,9-10,12-13,31H,8,11H2,1-2H3,(H,23,26,27). The number of aliphatic hydroxyl groups is 1.